The molecule has 4 nitrogen and oxygen atoms in total. The second-order valence-electron chi connectivity index (χ2n) is 4.37. The maximum atomic E-state index is 12.3. The zero-order valence-corrected chi connectivity index (χ0v) is 12.6. The number of carbonyl (C=O) groups excluding carboxylic acids is 1. The molecule has 0 atom stereocenters. The molecule has 2 rings (SSSR count). The molecule has 0 unspecified atom stereocenters. The number of hydrogen-bond acceptors (Lipinski definition) is 3. The van der Waals surface area contributed by atoms with Gasteiger partial charge in [-0.1, -0.05) is 19.1 Å². The van der Waals surface area contributed by atoms with E-state index in [0.717, 1.165) is 22.3 Å². The second-order valence-corrected chi connectivity index (χ2v) is 5.16. The summed E-state index contributed by atoms with van der Waals surface area (Å²) in [5.41, 5.74) is 8.75. The number of nitrogens with zero attached hydrogens (tertiary/aromatic N) is 2. The van der Waals surface area contributed by atoms with Crippen LogP contribution in [0, 0.1) is 0 Å². The standard InChI is InChI=1S/C14H16BrN3O/c1-3-11-14(15)12(18(2)17-11)8-13(19)9-6-4-5-7-10(9)16/h4-7H,3,8,16H2,1-2H3. The number of carbonyl (C=O) groups is 1. The molecule has 0 radical (unpaired) electrons. The van der Waals surface area contributed by atoms with Crippen LogP contribution in [0.15, 0.2) is 28.7 Å². The first-order valence-electron chi connectivity index (χ1n) is 6.12. The highest BCUT2D eigenvalue weighted by molar-refractivity contribution is 9.10. The molecule has 0 aliphatic heterocycles. The van der Waals surface area contributed by atoms with E-state index >= 15 is 0 Å². The van der Waals surface area contributed by atoms with E-state index in [2.05, 4.69) is 21.0 Å². The Morgan fingerprint density at radius 2 is 2.11 bits per heavy atom. The lowest BCUT2D eigenvalue weighted by Crippen LogP contribution is -2.10. The van der Waals surface area contributed by atoms with E-state index < -0.39 is 0 Å². The van der Waals surface area contributed by atoms with Crippen molar-refractivity contribution < 1.29 is 4.79 Å². The Hall–Kier alpha value is -1.62. The van der Waals surface area contributed by atoms with E-state index in [-0.39, 0.29) is 12.2 Å². The molecule has 19 heavy (non-hydrogen) atoms. The Morgan fingerprint density at radius 3 is 2.68 bits per heavy atom. The Labute approximate surface area is 120 Å². The van der Waals surface area contributed by atoms with Crippen LogP contribution >= 0.6 is 15.9 Å². The molecule has 100 valence electrons. The van der Waals surface area contributed by atoms with E-state index in [1.165, 1.54) is 0 Å². The minimum atomic E-state index is 0.00412. The Balaban J connectivity index is 2.30. The predicted molar refractivity (Wildman–Crippen MR) is 79.2 cm³/mol. The van der Waals surface area contributed by atoms with Gasteiger partial charge in [0, 0.05) is 18.3 Å². The number of nitrogens with two attached hydrogens (primary N) is 1. The third-order valence-electron chi connectivity index (χ3n) is 3.09. The Kier molecular flexibility index (Phi) is 4.04. The fraction of sp³-hybridized carbons (Fsp3) is 0.286. The molecule has 0 amide bonds. The number of hydrogen-bond donors (Lipinski definition) is 1. The number of nitrogen functional groups attached to an aromatic ring is 1. The van der Waals surface area contributed by atoms with Crippen LogP contribution in [0.2, 0.25) is 0 Å². The van der Waals surface area contributed by atoms with Crippen molar-refractivity contribution in [3.63, 3.8) is 0 Å². The van der Waals surface area contributed by atoms with E-state index in [1.807, 2.05) is 26.1 Å². The van der Waals surface area contributed by atoms with Gasteiger partial charge in [-0.2, -0.15) is 5.10 Å². The summed E-state index contributed by atoms with van der Waals surface area (Å²) in [6.07, 6.45) is 1.12. The summed E-state index contributed by atoms with van der Waals surface area (Å²) in [7, 11) is 1.85. The van der Waals surface area contributed by atoms with Crippen LogP contribution in [0.1, 0.15) is 28.7 Å². The quantitative estimate of drug-likeness (QED) is 0.695. The van der Waals surface area contributed by atoms with Gasteiger partial charge in [0.05, 0.1) is 22.3 Å². The van der Waals surface area contributed by atoms with Crippen LogP contribution in [0.25, 0.3) is 0 Å². The van der Waals surface area contributed by atoms with E-state index in [0.29, 0.717) is 11.3 Å². The van der Waals surface area contributed by atoms with Crippen molar-refractivity contribution in [1.29, 1.82) is 0 Å². The van der Waals surface area contributed by atoms with Crippen molar-refractivity contribution >= 4 is 27.4 Å². The van der Waals surface area contributed by atoms with Crippen molar-refractivity contribution in [2.45, 2.75) is 19.8 Å². The van der Waals surface area contributed by atoms with Crippen LogP contribution in [0.3, 0.4) is 0 Å². The van der Waals surface area contributed by atoms with Gasteiger partial charge in [-0.3, -0.25) is 9.48 Å². The normalized spacial score (nSPS) is 10.7. The van der Waals surface area contributed by atoms with Gasteiger partial charge < -0.3 is 5.73 Å². The van der Waals surface area contributed by atoms with Crippen molar-refractivity contribution in [3.8, 4) is 0 Å². The number of rotatable bonds is 4. The van der Waals surface area contributed by atoms with Crippen LogP contribution < -0.4 is 5.73 Å². The molecule has 1 heterocycles. The number of Topliss-reactive ketones (excluding diaryl/α,β-unsaturated/α-hetero) is 1. The third-order valence-corrected chi connectivity index (χ3v) is 4.01. The fourth-order valence-corrected chi connectivity index (χ4v) is 2.77. The van der Waals surface area contributed by atoms with Gasteiger partial charge >= 0.3 is 0 Å². The lowest BCUT2D eigenvalue weighted by molar-refractivity contribution is 0.0991. The smallest absolute Gasteiger partial charge is 0.170 e. The van der Waals surface area contributed by atoms with Gasteiger partial charge in [0.25, 0.3) is 0 Å². The predicted octanol–water partition coefficient (Wildman–Crippen LogP) is 2.75. The summed E-state index contributed by atoms with van der Waals surface area (Å²) in [4.78, 5) is 12.3. The summed E-state index contributed by atoms with van der Waals surface area (Å²) < 4.78 is 2.67. The molecule has 0 aliphatic rings. The molecule has 2 N–H and O–H groups in total. The van der Waals surface area contributed by atoms with Crippen LogP contribution in [-0.2, 0) is 19.9 Å². The molecule has 0 fully saturated rings. The first-order chi connectivity index (χ1) is 9.04. The van der Waals surface area contributed by atoms with Gasteiger partial charge in [-0.15, -0.1) is 0 Å². The molecule has 0 spiro atoms. The molecule has 1 aromatic heterocycles. The summed E-state index contributed by atoms with van der Waals surface area (Å²) in [5.74, 6) is 0.00412. The number of benzene rings is 1. The number of para-hydroxylation sites is 1. The number of halogens is 1. The third kappa shape index (κ3) is 2.71. The number of aromatic nitrogens is 2. The van der Waals surface area contributed by atoms with Crippen molar-refractivity contribution in [3.05, 3.63) is 45.7 Å². The summed E-state index contributed by atoms with van der Waals surface area (Å²) >= 11 is 3.52. The van der Waals surface area contributed by atoms with Crippen molar-refractivity contribution in [2.75, 3.05) is 5.73 Å². The molecule has 0 saturated carbocycles. The van der Waals surface area contributed by atoms with Crippen LogP contribution in [-0.4, -0.2) is 15.6 Å². The fourth-order valence-electron chi connectivity index (χ4n) is 2.01. The molecule has 0 saturated heterocycles. The van der Waals surface area contributed by atoms with Gasteiger partial charge in [-0.05, 0) is 34.5 Å². The maximum Gasteiger partial charge on any atom is 0.170 e. The highest BCUT2D eigenvalue weighted by Gasteiger charge is 2.17. The second kappa shape index (κ2) is 5.57. The zero-order valence-electron chi connectivity index (χ0n) is 11.0. The lowest BCUT2D eigenvalue weighted by atomic mass is 10.0. The molecule has 0 aliphatic carbocycles. The number of aryl methyl sites for hydroxylation is 2. The SMILES string of the molecule is CCc1nn(C)c(CC(=O)c2ccccc2N)c1Br. The van der Waals surface area contributed by atoms with Gasteiger partial charge in [-0.25, -0.2) is 0 Å². The average molecular weight is 322 g/mol. The molecule has 0 bridgehead atoms. The van der Waals surface area contributed by atoms with Crippen LogP contribution in [0.4, 0.5) is 5.69 Å². The van der Waals surface area contributed by atoms with Gasteiger partial charge in [0.15, 0.2) is 5.78 Å². The molecule has 5 heteroatoms. The first-order valence-corrected chi connectivity index (χ1v) is 6.91. The largest absolute Gasteiger partial charge is 0.398 e. The minimum Gasteiger partial charge on any atom is -0.398 e. The number of ketones is 1. The molecular weight excluding hydrogens is 306 g/mol. The van der Waals surface area contributed by atoms with E-state index in [1.54, 1.807) is 16.8 Å². The van der Waals surface area contributed by atoms with Gasteiger partial charge in [0.1, 0.15) is 0 Å². The zero-order chi connectivity index (χ0) is 14.0. The summed E-state index contributed by atoms with van der Waals surface area (Å²) in [6, 6.07) is 7.13. The van der Waals surface area contributed by atoms with Crippen molar-refractivity contribution in [2.24, 2.45) is 7.05 Å². The Bertz CT molecular complexity index is 619. The van der Waals surface area contributed by atoms with E-state index in [4.69, 9.17) is 5.73 Å². The van der Waals surface area contributed by atoms with Crippen LogP contribution in [0.5, 0.6) is 0 Å². The van der Waals surface area contributed by atoms with Gasteiger partial charge in [0.2, 0.25) is 0 Å². The van der Waals surface area contributed by atoms with Crippen molar-refractivity contribution in [1.82, 2.24) is 9.78 Å². The monoisotopic (exact) mass is 321 g/mol. The molecular formula is C14H16BrN3O. The number of anilines is 1. The Morgan fingerprint density at radius 1 is 1.42 bits per heavy atom. The molecule has 2 aromatic rings. The summed E-state index contributed by atoms with van der Waals surface area (Å²) in [5, 5.41) is 4.38. The average Bonchev–Trinajstić information content (AvgIpc) is 2.66. The minimum absolute atomic E-state index is 0.00412. The molecule has 1 aromatic carbocycles. The highest BCUT2D eigenvalue weighted by atomic mass is 79.9. The highest BCUT2D eigenvalue weighted by Crippen LogP contribution is 2.23. The summed E-state index contributed by atoms with van der Waals surface area (Å²) in [6.45, 7) is 2.04. The first kappa shape index (κ1) is 13.8. The topological polar surface area (TPSA) is 60.9 Å². The van der Waals surface area contributed by atoms with E-state index in [9.17, 15) is 4.79 Å². The maximum absolute atomic E-state index is 12.3. The lowest BCUT2D eigenvalue weighted by Gasteiger charge is -2.05.